The molecule has 5 nitrogen and oxygen atoms in total. The molecule has 0 aliphatic rings. The molecule has 1 aromatic carbocycles. The van der Waals surface area contributed by atoms with Gasteiger partial charge in [-0.1, -0.05) is 30.3 Å². The molecule has 0 aliphatic carbocycles. The van der Waals surface area contributed by atoms with E-state index in [-0.39, 0.29) is 5.91 Å². The van der Waals surface area contributed by atoms with Crippen LogP contribution in [0.4, 0.5) is 0 Å². The second kappa shape index (κ2) is 7.91. The van der Waals surface area contributed by atoms with Crippen LogP contribution in [0.25, 0.3) is 0 Å². The van der Waals surface area contributed by atoms with E-state index < -0.39 is 0 Å². The van der Waals surface area contributed by atoms with Crippen molar-refractivity contribution in [2.45, 2.75) is 6.61 Å². The summed E-state index contributed by atoms with van der Waals surface area (Å²) in [7, 11) is 1.70. The first kappa shape index (κ1) is 15.7. The molecule has 0 atom stereocenters. The lowest BCUT2D eigenvalue weighted by molar-refractivity contribution is 0.0666. The first-order valence-electron chi connectivity index (χ1n) is 6.94. The minimum absolute atomic E-state index is 0.187. The maximum absolute atomic E-state index is 12.1. The summed E-state index contributed by atoms with van der Waals surface area (Å²) in [5, 5.41) is 8.71. The smallest absolute Gasteiger partial charge is 0.272 e. The van der Waals surface area contributed by atoms with E-state index in [1.54, 1.807) is 24.1 Å². The minimum Gasteiger partial charge on any atom is -0.375 e. The third-order valence-electron chi connectivity index (χ3n) is 3.14. The van der Waals surface area contributed by atoms with E-state index >= 15 is 0 Å². The predicted octanol–water partition coefficient (Wildman–Crippen LogP) is 2.24. The van der Waals surface area contributed by atoms with E-state index in [0.29, 0.717) is 31.0 Å². The zero-order valence-corrected chi connectivity index (χ0v) is 12.4. The van der Waals surface area contributed by atoms with E-state index in [2.05, 4.69) is 4.98 Å². The van der Waals surface area contributed by atoms with Crippen molar-refractivity contribution in [1.29, 1.82) is 5.26 Å². The van der Waals surface area contributed by atoms with Crippen molar-refractivity contribution in [2.75, 3.05) is 20.2 Å². The molecule has 22 heavy (non-hydrogen) atoms. The SMILES string of the molecule is CN(CCOCc1ccccc1)C(=O)c1ccc(C#N)cn1. The number of nitrogens with zero attached hydrogens (tertiary/aromatic N) is 3. The first-order valence-corrected chi connectivity index (χ1v) is 6.94. The summed E-state index contributed by atoms with van der Waals surface area (Å²) in [5.74, 6) is -0.187. The molecule has 0 saturated heterocycles. The molecule has 0 aliphatic heterocycles. The number of carbonyl (C=O) groups is 1. The van der Waals surface area contributed by atoms with Crippen LogP contribution in [0.1, 0.15) is 21.6 Å². The van der Waals surface area contributed by atoms with Crippen LogP contribution in [0.3, 0.4) is 0 Å². The molecule has 1 heterocycles. The average molecular weight is 295 g/mol. The largest absolute Gasteiger partial charge is 0.375 e. The number of likely N-dealkylation sites (N-methyl/N-ethyl adjacent to an activating group) is 1. The Morgan fingerprint density at radius 3 is 2.68 bits per heavy atom. The van der Waals surface area contributed by atoms with Crippen molar-refractivity contribution in [1.82, 2.24) is 9.88 Å². The molecule has 112 valence electrons. The van der Waals surface area contributed by atoms with Crippen LogP contribution in [-0.4, -0.2) is 36.0 Å². The summed E-state index contributed by atoms with van der Waals surface area (Å²) in [6.07, 6.45) is 1.40. The van der Waals surface area contributed by atoms with Crippen LogP contribution in [0, 0.1) is 11.3 Å². The molecule has 2 aromatic rings. The second-order valence-corrected chi connectivity index (χ2v) is 4.81. The molecular weight excluding hydrogens is 278 g/mol. The van der Waals surface area contributed by atoms with E-state index in [4.69, 9.17) is 10.00 Å². The first-order chi connectivity index (χ1) is 10.7. The summed E-state index contributed by atoms with van der Waals surface area (Å²) in [4.78, 5) is 17.7. The van der Waals surface area contributed by atoms with Crippen molar-refractivity contribution >= 4 is 5.91 Å². The quantitative estimate of drug-likeness (QED) is 0.767. The molecule has 5 heteroatoms. The summed E-state index contributed by atoms with van der Waals surface area (Å²) in [5.41, 5.74) is 1.86. The minimum atomic E-state index is -0.187. The van der Waals surface area contributed by atoms with E-state index in [0.717, 1.165) is 5.56 Å². The fraction of sp³-hybridized carbons (Fsp3) is 0.235. The Labute approximate surface area is 129 Å². The summed E-state index contributed by atoms with van der Waals surface area (Å²) in [6, 6.07) is 15.0. The molecule has 1 aromatic heterocycles. The van der Waals surface area contributed by atoms with Crippen molar-refractivity contribution < 1.29 is 9.53 Å². The maximum Gasteiger partial charge on any atom is 0.272 e. The van der Waals surface area contributed by atoms with Crippen LogP contribution in [-0.2, 0) is 11.3 Å². The number of amides is 1. The fourth-order valence-corrected chi connectivity index (χ4v) is 1.85. The third-order valence-corrected chi connectivity index (χ3v) is 3.14. The highest BCUT2D eigenvalue weighted by atomic mass is 16.5. The van der Waals surface area contributed by atoms with Crippen LogP contribution >= 0.6 is 0 Å². The van der Waals surface area contributed by atoms with Crippen LogP contribution < -0.4 is 0 Å². The summed E-state index contributed by atoms with van der Waals surface area (Å²) < 4.78 is 5.56. The van der Waals surface area contributed by atoms with Gasteiger partial charge in [-0.2, -0.15) is 5.26 Å². The van der Waals surface area contributed by atoms with Gasteiger partial charge >= 0.3 is 0 Å². The van der Waals surface area contributed by atoms with Gasteiger partial charge in [0.25, 0.3) is 5.91 Å². The molecule has 0 unspecified atom stereocenters. The number of ether oxygens (including phenoxy) is 1. The molecule has 2 rings (SSSR count). The molecule has 0 radical (unpaired) electrons. The van der Waals surface area contributed by atoms with Crippen molar-refractivity contribution in [3.05, 3.63) is 65.5 Å². The Balaban J connectivity index is 1.77. The number of carbonyl (C=O) groups excluding carboxylic acids is 1. The van der Waals surface area contributed by atoms with E-state index in [1.807, 2.05) is 36.4 Å². The third kappa shape index (κ3) is 4.40. The summed E-state index contributed by atoms with van der Waals surface area (Å²) in [6.45, 7) is 1.46. The van der Waals surface area contributed by atoms with Gasteiger partial charge in [-0.3, -0.25) is 4.79 Å². The van der Waals surface area contributed by atoms with E-state index in [9.17, 15) is 4.79 Å². The Hall–Kier alpha value is -2.71. The van der Waals surface area contributed by atoms with Gasteiger partial charge in [0.1, 0.15) is 11.8 Å². The molecule has 0 saturated carbocycles. The van der Waals surface area contributed by atoms with Gasteiger partial charge in [0, 0.05) is 19.8 Å². The fourth-order valence-electron chi connectivity index (χ4n) is 1.85. The lowest BCUT2D eigenvalue weighted by atomic mass is 10.2. The molecule has 0 spiro atoms. The average Bonchev–Trinajstić information content (AvgIpc) is 2.59. The van der Waals surface area contributed by atoms with Gasteiger partial charge in [0.05, 0.1) is 18.8 Å². The Morgan fingerprint density at radius 1 is 1.27 bits per heavy atom. The van der Waals surface area contributed by atoms with Crippen LogP contribution in [0.2, 0.25) is 0 Å². The Morgan fingerprint density at radius 2 is 2.05 bits per heavy atom. The highest BCUT2D eigenvalue weighted by molar-refractivity contribution is 5.92. The lowest BCUT2D eigenvalue weighted by Crippen LogP contribution is -2.30. The highest BCUT2D eigenvalue weighted by Crippen LogP contribution is 2.03. The van der Waals surface area contributed by atoms with E-state index in [1.165, 1.54) is 6.20 Å². The lowest BCUT2D eigenvalue weighted by Gasteiger charge is -2.16. The number of nitriles is 1. The van der Waals surface area contributed by atoms with Crippen molar-refractivity contribution in [3.63, 3.8) is 0 Å². The van der Waals surface area contributed by atoms with Gasteiger partial charge in [0.15, 0.2) is 0 Å². The highest BCUT2D eigenvalue weighted by Gasteiger charge is 2.12. The molecule has 0 bridgehead atoms. The zero-order chi connectivity index (χ0) is 15.8. The zero-order valence-electron chi connectivity index (χ0n) is 12.4. The maximum atomic E-state index is 12.1. The Bertz CT molecular complexity index is 648. The van der Waals surface area contributed by atoms with Crippen molar-refractivity contribution in [3.8, 4) is 6.07 Å². The Kier molecular flexibility index (Phi) is 5.64. The number of rotatable bonds is 6. The second-order valence-electron chi connectivity index (χ2n) is 4.81. The van der Waals surface area contributed by atoms with Crippen molar-refractivity contribution in [2.24, 2.45) is 0 Å². The van der Waals surface area contributed by atoms with Gasteiger partial charge in [0.2, 0.25) is 0 Å². The number of benzene rings is 1. The normalized spacial score (nSPS) is 10.0. The van der Waals surface area contributed by atoms with Crippen LogP contribution in [0.15, 0.2) is 48.7 Å². The molecule has 0 fully saturated rings. The van der Waals surface area contributed by atoms with Gasteiger partial charge in [-0.05, 0) is 17.7 Å². The standard InChI is InChI=1S/C17H17N3O2/c1-20(9-10-22-13-14-5-3-2-4-6-14)17(21)16-8-7-15(11-18)12-19-16/h2-8,12H,9-10,13H2,1H3. The van der Waals surface area contributed by atoms with Gasteiger partial charge < -0.3 is 9.64 Å². The van der Waals surface area contributed by atoms with Crippen LogP contribution in [0.5, 0.6) is 0 Å². The number of pyridine rings is 1. The summed E-state index contributed by atoms with van der Waals surface area (Å²) >= 11 is 0. The monoisotopic (exact) mass is 295 g/mol. The predicted molar refractivity (Wildman–Crippen MR) is 82.0 cm³/mol. The molecule has 1 amide bonds. The molecular formula is C17H17N3O2. The van der Waals surface area contributed by atoms with Gasteiger partial charge in [-0.25, -0.2) is 4.98 Å². The number of hydrogen-bond acceptors (Lipinski definition) is 4. The van der Waals surface area contributed by atoms with Gasteiger partial charge in [-0.15, -0.1) is 0 Å². The molecule has 0 N–H and O–H groups in total. The number of hydrogen-bond donors (Lipinski definition) is 0. The topological polar surface area (TPSA) is 66.2 Å². The number of aromatic nitrogens is 1.